The Hall–Kier alpha value is -1.03. The SMILES string of the molecule is Cc1cc(OCC(=O)c2cc(Cl)ccc2Cl)cc(C)c1Br. The minimum Gasteiger partial charge on any atom is -0.485 e. The van der Waals surface area contributed by atoms with Gasteiger partial charge in [0.15, 0.2) is 6.61 Å². The largest absolute Gasteiger partial charge is 0.485 e. The third kappa shape index (κ3) is 4.00. The van der Waals surface area contributed by atoms with E-state index in [4.69, 9.17) is 27.9 Å². The van der Waals surface area contributed by atoms with E-state index in [2.05, 4.69) is 15.9 Å². The van der Waals surface area contributed by atoms with Crippen LogP contribution < -0.4 is 4.74 Å². The fraction of sp³-hybridized carbons (Fsp3) is 0.188. The number of Topliss-reactive ketones (excluding diaryl/α,β-unsaturated/α-hetero) is 1. The fourth-order valence-corrected chi connectivity index (χ4v) is 2.55. The summed E-state index contributed by atoms with van der Waals surface area (Å²) in [5.74, 6) is 0.445. The van der Waals surface area contributed by atoms with Gasteiger partial charge in [-0.25, -0.2) is 0 Å². The second kappa shape index (κ2) is 6.82. The smallest absolute Gasteiger partial charge is 0.201 e. The first-order valence-electron chi connectivity index (χ1n) is 6.26. The summed E-state index contributed by atoms with van der Waals surface area (Å²) in [6, 6.07) is 8.55. The molecule has 2 nitrogen and oxygen atoms in total. The van der Waals surface area contributed by atoms with Crippen molar-refractivity contribution in [1.82, 2.24) is 0 Å². The maximum absolute atomic E-state index is 12.2. The van der Waals surface area contributed by atoms with Crippen molar-refractivity contribution in [3.8, 4) is 5.75 Å². The van der Waals surface area contributed by atoms with Gasteiger partial charge >= 0.3 is 0 Å². The maximum Gasteiger partial charge on any atom is 0.201 e. The molecule has 2 aromatic carbocycles. The number of carbonyl (C=O) groups is 1. The summed E-state index contributed by atoms with van der Waals surface area (Å²) in [4.78, 5) is 12.2. The fourth-order valence-electron chi connectivity index (χ4n) is 1.93. The zero-order valence-electron chi connectivity index (χ0n) is 11.5. The number of ketones is 1. The molecule has 0 unspecified atom stereocenters. The van der Waals surface area contributed by atoms with Gasteiger partial charge in [0.1, 0.15) is 5.75 Å². The van der Waals surface area contributed by atoms with Crippen LogP contribution in [0.2, 0.25) is 10.0 Å². The highest BCUT2D eigenvalue weighted by Crippen LogP contribution is 2.27. The summed E-state index contributed by atoms with van der Waals surface area (Å²) in [6.07, 6.45) is 0. The Morgan fingerprint density at radius 2 is 1.76 bits per heavy atom. The lowest BCUT2D eigenvalue weighted by Gasteiger charge is -2.10. The van der Waals surface area contributed by atoms with Gasteiger partial charge in [0, 0.05) is 15.1 Å². The van der Waals surface area contributed by atoms with Crippen molar-refractivity contribution in [2.45, 2.75) is 13.8 Å². The molecular formula is C16H13BrCl2O2. The number of ether oxygens (including phenoxy) is 1. The van der Waals surface area contributed by atoms with E-state index in [0.717, 1.165) is 15.6 Å². The van der Waals surface area contributed by atoms with E-state index in [9.17, 15) is 4.79 Å². The van der Waals surface area contributed by atoms with E-state index < -0.39 is 0 Å². The van der Waals surface area contributed by atoms with E-state index in [0.29, 0.717) is 21.4 Å². The minimum atomic E-state index is -0.208. The molecule has 0 N–H and O–H groups in total. The number of carbonyl (C=O) groups excluding carboxylic acids is 1. The van der Waals surface area contributed by atoms with Crippen LogP contribution in [0.5, 0.6) is 5.75 Å². The number of halogens is 3. The first-order chi connectivity index (χ1) is 9.88. The third-order valence-electron chi connectivity index (χ3n) is 3.01. The van der Waals surface area contributed by atoms with Crippen LogP contribution in [-0.2, 0) is 0 Å². The number of benzene rings is 2. The Morgan fingerprint density at radius 3 is 2.38 bits per heavy atom. The van der Waals surface area contributed by atoms with Crippen molar-refractivity contribution < 1.29 is 9.53 Å². The van der Waals surface area contributed by atoms with Gasteiger partial charge in [-0.05, 0) is 55.3 Å². The van der Waals surface area contributed by atoms with E-state index >= 15 is 0 Å². The summed E-state index contributed by atoms with van der Waals surface area (Å²) in [5.41, 5.74) is 2.48. The van der Waals surface area contributed by atoms with E-state index in [1.807, 2.05) is 26.0 Å². The highest BCUT2D eigenvalue weighted by molar-refractivity contribution is 9.10. The standard InChI is InChI=1S/C16H13BrCl2O2/c1-9-5-12(6-10(2)16(9)17)21-8-15(20)13-7-11(18)3-4-14(13)19/h3-7H,8H2,1-2H3. The van der Waals surface area contributed by atoms with Crippen LogP contribution in [0.1, 0.15) is 21.5 Å². The molecular weight excluding hydrogens is 375 g/mol. The molecule has 0 radical (unpaired) electrons. The van der Waals surface area contributed by atoms with Gasteiger partial charge in [-0.2, -0.15) is 0 Å². The molecule has 0 bridgehead atoms. The van der Waals surface area contributed by atoms with Crippen LogP contribution in [-0.4, -0.2) is 12.4 Å². The Morgan fingerprint density at radius 1 is 1.14 bits per heavy atom. The predicted octanol–water partition coefficient (Wildman–Crippen LogP) is 5.63. The van der Waals surface area contributed by atoms with Gasteiger partial charge in [0.25, 0.3) is 0 Å². The number of aryl methyl sites for hydroxylation is 2. The van der Waals surface area contributed by atoms with Crippen molar-refractivity contribution in [1.29, 1.82) is 0 Å². The average molecular weight is 388 g/mol. The summed E-state index contributed by atoms with van der Waals surface area (Å²) in [5, 5.41) is 0.842. The van der Waals surface area contributed by atoms with Gasteiger partial charge in [0.2, 0.25) is 5.78 Å². The molecule has 2 aromatic rings. The molecule has 0 spiro atoms. The lowest BCUT2D eigenvalue weighted by atomic mass is 10.1. The Labute approximate surface area is 142 Å². The minimum absolute atomic E-state index is 0.0828. The Bertz CT molecular complexity index is 676. The average Bonchev–Trinajstić information content (AvgIpc) is 2.44. The summed E-state index contributed by atoms with van der Waals surface area (Å²) in [6.45, 7) is 3.86. The Kier molecular flexibility index (Phi) is 5.31. The van der Waals surface area contributed by atoms with Crippen LogP contribution in [0.3, 0.4) is 0 Å². The van der Waals surface area contributed by atoms with Gasteiger partial charge in [-0.15, -0.1) is 0 Å². The van der Waals surface area contributed by atoms with Crippen LogP contribution in [0, 0.1) is 13.8 Å². The lowest BCUT2D eigenvalue weighted by molar-refractivity contribution is 0.0921. The van der Waals surface area contributed by atoms with Crippen molar-refractivity contribution in [2.75, 3.05) is 6.61 Å². The van der Waals surface area contributed by atoms with Crippen LogP contribution in [0.4, 0.5) is 0 Å². The molecule has 0 amide bonds. The molecule has 0 atom stereocenters. The summed E-state index contributed by atoms with van der Waals surface area (Å²) in [7, 11) is 0. The van der Waals surface area contributed by atoms with Crippen LogP contribution in [0.15, 0.2) is 34.8 Å². The monoisotopic (exact) mass is 386 g/mol. The molecule has 0 aliphatic heterocycles. The van der Waals surface area contributed by atoms with E-state index in [1.165, 1.54) is 0 Å². The molecule has 0 aliphatic carbocycles. The van der Waals surface area contributed by atoms with Crippen molar-refractivity contribution in [3.05, 3.63) is 61.5 Å². The summed E-state index contributed by atoms with van der Waals surface area (Å²) < 4.78 is 6.60. The molecule has 0 saturated carbocycles. The quantitative estimate of drug-likeness (QED) is 0.635. The third-order valence-corrected chi connectivity index (χ3v) is 4.82. The predicted molar refractivity (Wildman–Crippen MR) is 89.9 cm³/mol. The van der Waals surface area contributed by atoms with Gasteiger partial charge < -0.3 is 4.74 Å². The van der Waals surface area contributed by atoms with Crippen LogP contribution >= 0.6 is 39.1 Å². The molecule has 0 saturated heterocycles. The molecule has 0 fully saturated rings. The van der Waals surface area contributed by atoms with Crippen molar-refractivity contribution in [3.63, 3.8) is 0 Å². The van der Waals surface area contributed by atoms with Gasteiger partial charge in [-0.3, -0.25) is 4.79 Å². The van der Waals surface area contributed by atoms with Gasteiger partial charge in [0.05, 0.1) is 5.02 Å². The maximum atomic E-state index is 12.2. The summed E-state index contributed by atoms with van der Waals surface area (Å²) >= 11 is 15.4. The molecule has 110 valence electrons. The van der Waals surface area contributed by atoms with Crippen LogP contribution in [0.25, 0.3) is 0 Å². The number of hydrogen-bond acceptors (Lipinski definition) is 2. The van der Waals surface area contributed by atoms with Crippen molar-refractivity contribution >= 4 is 44.9 Å². The topological polar surface area (TPSA) is 26.3 Å². The highest BCUT2D eigenvalue weighted by atomic mass is 79.9. The molecule has 2 rings (SSSR count). The first kappa shape index (κ1) is 16.3. The second-order valence-electron chi connectivity index (χ2n) is 4.71. The highest BCUT2D eigenvalue weighted by Gasteiger charge is 2.12. The van der Waals surface area contributed by atoms with Gasteiger partial charge in [-0.1, -0.05) is 39.1 Å². The zero-order chi connectivity index (χ0) is 15.6. The molecule has 0 heterocycles. The molecule has 5 heteroatoms. The molecule has 0 aliphatic rings. The van der Waals surface area contributed by atoms with E-state index in [1.54, 1.807) is 18.2 Å². The number of rotatable bonds is 4. The molecule has 21 heavy (non-hydrogen) atoms. The van der Waals surface area contributed by atoms with E-state index in [-0.39, 0.29) is 12.4 Å². The zero-order valence-corrected chi connectivity index (χ0v) is 14.6. The first-order valence-corrected chi connectivity index (χ1v) is 7.81. The lowest BCUT2D eigenvalue weighted by Crippen LogP contribution is -2.12. The second-order valence-corrected chi connectivity index (χ2v) is 6.34. The normalized spacial score (nSPS) is 10.5. The Balaban J connectivity index is 2.13. The number of hydrogen-bond donors (Lipinski definition) is 0. The van der Waals surface area contributed by atoms with Crippen molar-refractivity contribution in [2.24, 2.45) is 0 Å². The molecule has 0 aromatic heterocycles.